The maximum Gasteiger partial charge on any atom is 0.188 e. The van der Waals surface area contributed by atoms with Crippen LogP contribution >= 0.6 is 0 Å². The Labute approximate surface area is 131 Å². The van der Waals surface area contributed by atoms with Crippen molar-refractivity contribution in [3.63, 3.8) is 0 Å². The van der Waals surface area contributed by atoms with Gasteiger partial charge in [-0.05, 0) is 54.5 Å². The van der Waals surface area contributed by atoms with Crippen molar-refractivity contribution in [3.8, 4) is 0 Å². The van der Waals surface area contributed by atoms with Crippen LogP contribution in [0.15, 0.2) is 54.7 Å². The van der Waals surface area contributed by atoms with E-state index in [9.17, 15) is 4.79 Å². The molecule has 0 fully saturated rings. The van der Waals surface area contributed by atoms with Crippen LogP contribution < -0.4 is 0 Å². The quantitative estimate of drug-likeness (QED) is 0.740. The van der Waals surface area contributed by atoms with Crippen LogP contribution in [0.2, 0.25) is 0 Å². The lowest BCUT2D eigenvalue weighted by molar-refractivity contribution is 0.0961. The molecule has 0 saturated heterocycles. The van der Waals surface area contributed by atoms with E-state index in [1.165, 1.54) is 36.8 Å². The maximum atomic E-state index is 12.5. The van der Waals surface area contributed by atoms with E-state index >= 15 is 0 Å². The van der Waals surface area contributed by atoms with Crippen molar-refractivity contribution >= 4 is 11.4 Å². The van der Waals surface area contributed by atoms with E-state index < -0.39 is 0 Å². The van der Waals surface area contributed by atoms with Gasteiger partial charge in [0.05, 0.1) is 0 Å². The number of hydrogen-bond donors (Lipinski definition) is 0. The molecular formula is C20H21NO. The number of benzene rings is 1. The zero-order valence-electron chi connectivity index (χ0n) is 13.0. The zero-order chi connectivity index (χ0) is 15.4. The summed E-state index contributed by atoms with van der Waals surface area (Å²) >= 11 is 0. The molecule has 0 saturated carbocycles. The summed E-state index contributed by atoms with van der Waals surface area (Å²) in [5.74, 6) is -0.0884. The highest BCUT2D eigenvalue weighted by Gasteiger charge is 2.18. The predicted molar refractivity (Wildman–Crippen MR) is 89.9 cm³/mol. The van der Waals surface area contributed by atoms with Crippen molar-refractivity contribution in [2.24, 2.45) is 0 Å². The molecule has 1 heterocycles. The summed E-state index contributed by atoms with van der Waals surface area (Å²) < 4.78 is 0. The van der Waals surface area contributed by atoms with Gasteiger partial charge < -0.3 is 0 Å². The first-order chi connectivity index (χ1) is 10.8. The number of ketones is 1. The molecule has 1 aromatic heterocycles. The smallest absolute Gasteiger partial charge is 0.188 e. The fourth-order valence-corrected chi connectivity index (χ4v) is 2.97. The Balaban J connectivity index is 1.77. The molecule has 0 bridgehead atoms. The van der Waals surface area contributed by atoms with Crippen LogP contribution in [0, 0.1) is 0 Å². The third kappa shape index (κ3) is 3.16. The molecule has 2 heteroatoms. The van der Waals surface area contributed by atoms with Crippen LogP contribution in [0.5, 0.6) is 0 Å². The third-order valence-corrected chi connectivity index (χ3v) is 4.38. The Morgan fingerprint density at radius 3 is 2.55 bits per heavy atom. The Morgan fingerprint density at radius 2 is 1.91 bits per heavy atom. The summed E-state index contributed by atoms with van der Waals surface area (Å²) in [5.41, 5.74) is 4.33. The lowest BCUT2D eigenvalue weighted by Crippen LogP contribution is -2.11. The van der Waals surface area contributed by atoms with Gasteiger partial charge in [0, 0.05) is 12.1 Å². The molecule has 0 radical (unpaired) electrons. The minimum Gasteiger partial charge on any atom is -0.292 e. The van der Waals surface area contributed by atoms with Gasteiger partial charge in [-0.25, -0.2) is 0 Å². The first-order valence-corrected chi connectivity index (χ1v) is 8.00. The first kappa shape index (κ1) is 14.7. The molecule has 0 aliphatic heterocycles. The van der Waals surface area contributed by atoms with Crippen LogP contribution in [-0.2, 0) is 0 Å². The number of nitrogens with zero attached hydrogens (tertiary/aromatic N) is 1. The first-order valence-electron chi connectivity index (χ1n) is 8.00. The van der Waals surface area contributed by atoms with Crippen LogP contribution in [0.25, 0.3) is 5.57 Å². The molecule has 0 amide bonds. The van der Waals surface area contributed by atoms with Crippen LogP contribution in [0.3, 0.4) is 0 Å². The second-order valence-corrected chi connectivity index (χ2v) is 5.90. The van der Waals surface area contributed by atoms with Crippen LogP contribution in [0.4, 0.5) is 0 Å². The largest absolute Gasteiger partial charge is 0.292 e. The molecule has 1 aliphatic carbocycles. The number of allylic oxidation sites excluding steroid dienone is 2. The van der Waals surface area contributed by atoms with Crippen molar-refractivity contribution < 1.29 is 4.79 Å². The maximum absolute atomic E-state index is 12.5. The lowest BCUT2D eigenvalue weighted by Gasteiger charge is -2.15. The summed E-state index contributed by atoms with van der Waals surface area (Å²) in [6.45, 7) is 1.95. The molecule has 1 unspecified atom stereocenters. The van der Waals surface area contributed by atoms with Gasteiger partial charge in [-0.3, -0.25) is 9.78 Å². The third-order valence-electron chi connectivity index (χ3n) is 4.38. The lowest BCUT2D eigenvalue weighted by atomic mass is 9.90. The molecule has 3 rings (SSSR count). The summed E-state index contributed by atoms with van der Waals surface area (Å²) in [4.78, 5) is 16.6. The predicted octanol–water partition coefficient (Wildman–Crippen LogP) is 5.03. The molecule has 2 nitrogen and oxygen atoms in total. The van der Waals surface area contributed by atoms with Gasteiger partial charge in [0.15, 0.2) is 5.78 Å². The average molecular weight is 291 g/mol. The van der Waals surface area contributed by atoms with Crippen molar-refractivity contribution in [1.82, 2.24) is 4.98 Å². The standard InChI is InChI=1S/C20H21NO/c1-15(20(22)19-9-5-6-14-21-19)16-10-12-18(13-11-16)17-7-3-2-4-8-17/h5-7,9-15H,2-4,8H2,1H3. The SMILES string of the molecule is CC(C(=O)c1ccccn1)c1ccc(C2=CCCCC2)cc1. The normalized spacial score (nSPS) is 16.0. The van der Waals surface area contributed by atoms with Gasteiger partial charge in [-0.15, -0.1) is 0 Å². The highest BCUT2D eigenvalue weighted by molar-refractivity contribution is 5.99. The fourth-order valence-electron chi connectivity index (χ4n) is 2.97. The monoisotopic (exact) mass is 291 g/mol. The minimum atomic E-state index is -0.163. The molecule has 0 spiro atoms. The van der Waals surface area contributed by atoms with E-state index in [1.807, 2.05) is 19.1 Å². The van der Waals surface area contributed by atoms with Crippen molar-refractivity contribution in [3.05, 3.63) is 71.6 Å². The molecule has 0 N–H and O–H groups in total. The molecule has 1 aliphatic rings. The van der Waals surface area contributed by atoms with E-state index in [0.29, 0.717) is 5.69 Å². The molecular weight excluding hydrogens is 270 g/mol. The number of rotatable bonds is 4. The Kier molecular flexibility index (Phi) is 4.47. The van der Waals surface area contributed by atoms with Gasteiger partial charge in [-0.2, -0.15) is 0 Å². The van der Waals surface area contributed by atoms with E-state index in [2.05, 4.69) is 35.3 Å². The minimum absolute atomic E-state index is 0.0743. The van der Waals surface area contributed by atoms with E-state index in [1.54, 1.807) is 12.3 Å². The van der Waals surface area contributed by atoms with Gasteiger partial charge in [0.25, 0.3) is 0 Å². The highest BCUT2D eigenvalue weighted by Crippen LogP contribution is 2.28. The number of hydrogen-bond acceptors (Lipinski definition) is 2. The number of carbonyl (C=O) groups is 1. The second-order valence-electron chi connectivity index (χ2n) is 5.90. The second kappa shape index (κ2) is 6.69. The molecule has 22 heavy (non-hydrogen) atoms. The summed E-state index contributed by atoms with van der Waals surface area (Å²) in [5, 5.41) is 0. The van der Waals surface area contributed by atoms with E-state index in [4.69, 9.17) is 0 Å². The molecule has 1 atom stereocenters. The number of carbonyl (C=O) groups excluding carboxylic acids is 1. The summed E-state index contributed by atoms with van der Waals surface area (Å²) in [6, 6.07) is 13.9. The molecule has 112 valence electrons. The number of aromatic nitrogens is 1. The van der Waals surface area contributed by atoms with Gasteiger partial charge >= 0.3 is 0 Å². The summed E-state index contributed by atoms with van der Waals surface area (Å²) in [7, 11) is 0. The van der Waals surface area contributed by atoms with Crippen LogP contribution in [0.1, 0.15) is 60.1 Å². The van der Waals surface area contributed by atoms with Gasteiger partial charge in [0.1, 0.15) is 5.69 Å². The fraction of sp³-hybridized carbons (Fsp3) is 0.300. The van der Waals surface area contributed by atoms with Gasteiger partial charge in [0.2, 0.25) is 0 Å². The topological polar surface area (TPSA) is 30.0 Å². The number of pyridine rings is 1. The summed E-state index contributed by atoms with van der Waals surface area (Å²) in [6.07, 6.45) is 8.95. The Morgan fingerprint density at radius 1 is 1.09 bits per heavy atom. The Hall–Kier alpha value is -2.22. The Bertz CT molecular complexity index is 671. The van der Waals surface area contributed by atoms with Crippen molar-refractivity contribution in [2.45, 2.75) is 38.5 Å². The van der Waals surface area contributed by atoms with E-state index in [0.717, 1.165) is 5.56 Å². The number of Topliss-reactive ketones (excluding diaryl/α,β-unsaturated/α-hetero) is 1. The van der Waals surface area contributed by atoms with E-state index in [-0.39, 0.29) is 11.7 Å². The van der Waals surface area contributed by atoms with Gasteiger partial charge in [-0.1, -0.05) is 43.3 Å². The van der Waals surface area contributed by atoms with Crippen molar-refractivity contribution in [2.75, 3.05) is 0 Å². The van der Waals surface area contributed by atoms with Crippen LogP contribution in [-0.4, -0.2) is 10.8 Å². The molecule has 2 aromatic rings. The molecule has 1 aromatic carbocycles. The highest BCUT2D eigenvalue weighted by atomic mass is 16.1. The van der Waals surface area contributed by atoms with Crippen molar-refractivity contribution in [1.29, 1.82) is 0 Å². The zero-order valence-corrected chi connectivity index (χ0v) is 13.0. The average Bonchev–Trinajstić information content (AvgIpc) is 2.62.